The molecule has 2 heterocycles. The van der Waals surface area contributed by atoms with Crippen LogP contribution < -0.4 is 9.64 Å². The third-order valence-corrected chi connectivity index (χ3v) is 3.74. The molecular weight excluding hydrogens is 278 g/mol. The van der Waals surface area contributed by atoms with E-state index in [4.69, 9.17) is 4.74 Å². The molecule has 6 heteroatoms. The smallest absolute Gasteiger partial charge is 0.318 e. The van der Waals surface area contributed by atoms with Crippen LogP contribution in [0.3, 0.4) is 0 Å². The van der Waals surface area contributed by atoms with Crippen LogP contribution in [0.5, 0.6) is 6.01 Å². The van der Waals surface area contributed by atoms with E-state index in [1.165, 1.54) is 0 Å². The van der Waals surface area contributed by atoms with Crippen molar-refractivity contribution in [2.75, 3.05) is 18.6 Å². The summed E-state index contributed by atoms with van der Waals surface area (Å²) < 4.78 is 7.26. The van der Waals surface area contributed by atoms with E-state index in [2.05, 4.69) is 28.1 Å². The highest BCUT2D eigenvalue weighted by Crippen LogP contribution is 2.27. The van der Waals surface area contributed by atoms with Gasteiger partial charge in [-0.2, -0.15) is 10.1 Å². The fourth-order valence-corrected chi connectivity index (χ4v) is 2.37. The van der Waals surface area contributed by atoms with Crippen molar-refractivity contribution >= 4 is 22.4 Å². The molecule has 1 aromatic carbocycles. The van der Waals surface area contributed by atoms with Crippen molar-refractivity contribution in [1.82, 2.24) is 19.7 Å². The Balaban J connectivity index is 1.99. The molecule has 0 aliphatic carbocycles. The molecule has 0 spiro atoms. The summed E-state index contributed by atoms with van der Waals surface area (Å²) in [5.74, 6) is 0.791. The molecule has 0 aliphatic heterocycles. The molecule has 0 fully saturated rings. The maximum atomic E-state index is 5.36. The molecule has 0 aliphatic rings. The minimum Gasteiger partial charge on any atom is -0.464 e. The van der Waals surface area contributed by atoms with E-state index in [0.29, 0.717) is 12.6 Å². The number of nitrogens with zero attached hydrogens (tertiary/aromatic N) is 5. The highest BCUT2D eigenvalue weighted by Gasteiger charge is 2.11. The molecule has 0 radical (unpaired) electrons. The summed E-state index contributed by atoms with van der Waals surface area (Å²) in [6, 6.07) is 8.45. The SMILES string of the molecule is CCOc1nccc(N(C)c2ccc3nn(C)c(C)c3c2)n1. The van der Waals surface area contributed by atoms with E-state index >= 15 is 0 Å². The van der Waals surface area contributed by atoms with E-state index in [-0.39, 0.29) is 0 Å². The van der Waals surface area contributed by atoms with E-state index in [1.807, 2.05) is 48.8 Å². The number of aromatic nitrogens is 4. The summed E-state index contributed by atoms with van der Waals surface area (Å²) in [5.41, 5.74) is 3.18. The fraction of sp³-hybridized carbons (Fsp3) is 0.312. The molecule has 0 N–H and O–H groups in total. The first kappa shape index (κ1) is 14.3. The number of hydrogen-bond donors (Lipinski definition) is 0. The minimum atomic E-state index is 0.394. The lowest BCUT2D eigenvalue weighted by molar-refractivity contribution is 0.313. The molecule has 0 saturated heterocycles. The summed E-state index contributed by atoms with van der Waals surface area (Å²) in [5, 5.41) is 5.62. The van der Waals surface area contributed by atoms with Gasteiger partial charge in [-0.1, -0.05) is 0 Å². The second-order valence-electron chi connectivity index (χ2n) is 5.10. The Morgan fingerprint density at radius 2 is 2.09 bits per heavy atom. The molecular formula is C16H19N5O. The van der Waals surface area contributed by atoms with Crippen LogP contribution in [-0.2, 0) is 7.05 Å². The lowest BCUT2D eigenvalue weighted by atomic mass is 10.2. The van der Waals surface area contributed by atoms with E-state index in [1.54, 1.807) is 6.20 Å². The lowest BCUT2D eigenvalue weighted by Gasteiger charge is -2.18. The maximum absolute atomic E-state index is 5.36. The Morgan fingerprint density at radius 3 is 2.86 bits per heavy atom. The Bertz CT molecular complexity index is 811. The Labute approximate surface area is 129 Å². The molecule has 0 saturated carbocycles. The highest BCUT2D eigenvalue weighted by molar-refractivity contribution is 5.86. The molecule has 6 nitrogen and oxygen atoms in total. The van der Waals surface area contributed by atoms with Crippen LogP contribution in [0.25, 0.3) is 10.9 Å². The number of hydrogen-bond acceptors (Lipinski definition) is 5. The second-order valence-corrected chi connectivity index (χ2v) is 5.10. The molecule has 0 unspecified atom stereocenters. The number of ether oxygens (including phenoxy) is 1. The molecule has 3 rings (SSSR count). The summed E-state index contributed by atoms with van der Waals surface area (Å²) in [4.78, 5) is 10.5. The van der Waals surface area contributed by atoms with Gasteiger partial charge in [0.15, 0.2) is 0 Å². The van der Waals surface area contributed by atoms with Gasteiger partial charge >= 0.3 is 6.01 Å². The van der Waals surface area contributed by atoms with Gasteiger partial charge in [-0.3, -0.25) is 4.68 Å². The van der Waals surface area contributed by atoms with Gasteiger partial charge < -0.3 is 9.64 Å². The zero-order chi connectivity index (χ0) is 15.7. The quantitative estimate of drug-likeness (QED) is 0.741. The largest absolute Gasteiger partial charge is 0.464 e. The summed E-state index contributed by atoms with van der Waals surface area (Å²) in [7, 11) is 3.93. The topological polar surface area (TPSA) is 56.1 Å². The number of aryl methyl sites for hydroxylation is 2. The van der Waals surface area contributed by atoms with Gasteiger partial charge in [-0.05, 0) is 38.1 Å². The van der Waals surface area contributed by atoms with Crippen molar-refractivity contribution in [2.24, 2.45) is 7.05 Å². The summed E-state index contributed by atoms with van der Waals surface area (Å²) >= 11 is 0. The van der Waals surface area contributed by atoms with E-state index in [0.717, 1.165) is 28.1 Å². The van der Waals surface area contributed by atoms with Crippen molar-refractivity contribution in [3.63, 3.8) is 0 Å². The van der Waals surface area contributed by atoms with Crippen LogP contribution in [0.15, 0.2) is 30.5 Å². The molecule has 0 atom stereocenters. The number of rotatable bonds is 4. The third-order valence-electron chi connectivity index (χ3n) is 3.74. The first-order valence-electron chi connectivity index (χ1n) is 7.23. The van der Waals surface area contributed by atoms with Crippen molar-refractivity contribution in [2.45, 2.75) is 13.8 Å². The molecule has 0 bridgehead atoms. The van der Waals surface area contributed by atoms with Crippen LogP contribution in [0.2, 0.25) is 0 Å². The van der Waals surface area contributed by atoms with Gasteiger partial charge in [0.25, 0.3) is 0 Å². The van der Waals surface area contributed by atoms with Crippen LogP contribution >= 0.6 is 0 Å². The van der Waals surface area contributed by atoms with Gasteiger partial charge in [0, 0.05) is 37.1 Å². The monoisotopic (exact) mass is 297 g/mol. The third kappa shape index (κ3) is 2.47. The van der Waals surface area contributed by atoms with Gasteiger partial charge in [0.05, 0.1) is 12.1 Å². The van der Waals surface area contributed by atoms with Crippen LogP contribution in [0.1, 0.15) is 12.6 Å². The predicted octanol–water partition coefficient (Wildman–Crippen LogP) is 2.84. The average Bonchev–Trinajstić information content (AvgIpc) is 2.82. The standard InChI is InChI=1S/C16H19N5O/c1-5-22-16-17-9-8-15(18-16)20(3)12-6-7-14-13(10-12)11(2)21(4)19-14/h6-10H,5H2,1-4H3. The van der Waals surface area contributed by atoms with Gasteiger partial charge in [0.2, 0.25) is 0 Å². The molecule has 0 amide bonds. The van der Waals surface area contributed by atoms with Crippen molar-refractivity contribution in [1.29, 1.82) is 0 Å². The van der Waals surface area contributed by atoms with Crippen molar-refractivity contribution in [3.05, 3.63) is 36.2 Å². The lowest BCUT2D eigenvalue weighted by Crippen LogP contribution is -2.12. The van der Waals surface area contributed by atoms with Crippen LogP contribution in [0.4, 0.5) is 11.5 Å². The Hall–Kier alpha value is -2.63. The highest BCUT2D eigenvalue weighted by atomic mass is 16.5. The molecule has 2 aromatic heterocycles. The van der Waals surface area contributed by atoms with Crippen LogP contribution in [-0.4, -0.2) is 33.4 Å². The average molecular weight is 297 g/mol. The van der Waals surface area contributed by atoms with Gasteiger partial charge in [0.1, 0.15) is 5.82 Å². The van der Waals surface area contributed by atoms with E-state index < -0.39 is 0 Å². The fourth-order valence-electron chi connectivity index (χ4n) is 2.37. The minimum absolute atomic E-state index is 0.394. The summed E-state index contributed by atoms with van der Waals surface area (Å²) in [6.07, 6.45) is 1.71. The Kier molecular flexibility index (Phi) is 3.66. The zero-order valence-electron chi connectivity index (χ0n) is 13.2. The van der Waals surface area contributed by atoms with Gasteiger partial charge in [-0.25, -0.2) is 4.98 Å². The second kappa shape index (κ2) is 5.63. The first-order chi connectivity index (χ1) is 10.6. The van der Waals surface area contributed by atoms with Crippen molar-refractivity contribution in [3.8, 4) is 6.01 Å². The van der Waals surface area contributed by atoms with Crippen LogP contribution in [0, 0.1) is 6.92 Å². The summed E-state index contributed by atoms with van der Waals surface area (Å²) in [6.45, 7) is 4.53. The van der Waals surface area contributed by atoms with Gasteiger partial charge in [-0.15, -0.1) is 0 Å². The maximum Gasteiger partial charge on any atom is 0.318 e. The number of benzene rings is 1. The zero-order valence-corrected chi connectivity index (χ0v) is 13.2. The van der Waals surface area contributed by atoms with E-state index in [9.17, 15) is 0 Å². The predicted molar refractivity (Wildman–Crippen MR) is 86.7 cm³/mol. The van der Waals surface area contributed by atoms with Crippen molar-refractivity contribution < 1.29 is 4.74 Å². The Morgan fingerprint density at radius 1 is 1.27 bits per heavy atom. The number of fused-ring (bicyclic) bond motifs is 1. The molecule has 3 aromatic rings. The molecule has 114 valence electrons. The molecule has 22 heavy (non-hydrogen) atoms. The number of anilines is 2. The normalized spacial score (nSPS) is 10.9. The first-order valence-corrected chi connectivity index (χ1v) is 7.23.